The van der Waals surface area contributed by atoms with E-state index in [2.05, 4.69) is 38.1 Å². The molecular formula is C17H29N. The summed E-state index contributed by atoms with van der Waals surface area (Å²) in [5, 5.41) is 0. The summed E-state index contributed by atoms with van der Waals surface area (Å²) in [5.74, 6) is 0.661. The van der Waals surface area contributed by atoms with Crippen LogP contribution in [0.25, 0.3) is 0 Å². The second-order valence-corrected chi connectivity index (χ2v) is 5.49. The Labute approximate surface area is 113 Å². The maximum Gasteiger partial charge on any atom is -0.00457 e. The van der Waals surface area contributed by atoms with Gasteiger partial charge in [-0.15, -0.1) is 0 Å². The summed E-state index contributed by atoms with van der Waals surface area (Å²) < 4.78 is 0. The molecule has 0 saturated heterocycles. The lowest BCUT2D eigenvalue weighted by Crippen LogP contribution is -2.16. The minimum atomic E-state index is 0.661. The van der Waals surface area contributed by atoms with Gasteiger partial charge in [0, 0.05) is 0 Å². The number of nitrogens with two attached hydrogens (primary N) is 1. The van der Waals surface area contributed by atoms with Crippen molar-refractivity contribution in [1.29, 1.82) is 0 Å². The fourth-order valence-electron chi connectivity index (χ4n) is 2.40. The Balaban J connectivity index is 2.26. The molecule has 1 rings (SSSR count). The van der Waals surface area contributed by atoms with Gasteiger partial charge in [0.05, 0.1) is 0 Å². The summed E-state index contributed by atoms with van der Waals surface area (Å²) in [6, 6.07) is 8.89. The summed E-state index contributed by atoms with van der Waals surface area (Å²) in [5.41, 5.74) is 8.66. The first-order valence-corrected chi connectivity index (χ1v) is 7.52. The predicted octanol–water partition coefficient (Wildman–Crippen LogP) is 4.47. The van der Waals surface area contributed by atoms with E-state index in [0.29, 0.717) is 5.92 Å². The molecule has 0 aliphatic carbocycles. The first-order valence-electron chi connectivity index (χ1n) is 7.52. The second kappa shape index (κ2) is 9.16. The molecule has 1 unspecified atom stereocenters. The van der Waals surface area contributed by atoms with Gasteiger partial charge < -0.3 is 5.73 Å². The maximum atomic E-state index is 5.89. The largest absolute Gasteiger partial charge is 0.330 e. The van der Waals surface area contributed by atoms with E-state index < -0.39 is 0 Å². The Morgan fingerprint density at radius 3 is 2.28 bits per heavy atom. The van der Waals surface area contributed by atoms with Crippen molar-refractivity contribution in [3.05, 3.63) is 35.4 Å². The molecule has 0 amide bonds. The quantitative estimate of drug-likeness (QED) is 0.640. The summed E-state index contributed by atoms with van der Waals surface area (Å²) in [4.78, 5) is 0. The van der Waals surface area contributed by atoms with E-state index in [9.17, 15) is 0 Å². The van der Waals surface area contributed by atoms with Gasteiger partial charge in [0.2, 0.25) is 0 Å². The Morgan fingerprint density at radius 1 is 1.00 bits per heavy atom. The monoisotopic (exact) mass is 247 g/mol. The van der Waals surface area contributed by atoms with E-state index in [0.717, 1.165) is 13.0 Å². The highest BCUT2D eigenvalue weighted by Crippen LogP contribution is 2.16. The van der Waals surface area contributed by atoms with Crippen molar-refractivity contribution in [2.24, 2.45) is 11.7 Å². The van der Waals surface area contributed by atoms with Gasteiger partial charge in [-0.25, -0.2) is 0 Å². The van der Waals surface area contributed by atoms with Crippen molar-refractivity contribution in [3.63, 3.8) is 0 Å². The van der Waals surface area contributed by atoms with E-state index in [1.165, 1.54) is 49.7 Å². The van der Waals surface area contributed by atoms with Crippen molar-refractivity contribution < 1.29 is 0 Å². The first-order chi connectivity index (χ1) is 8.76. The van der Waals surface area contributed by atoms with Gasteiger partial charge in [-0.3, -0.25) is 0 Å². The predicted molar refractivity (Wildman–Crippen MR) is 80.8 cm³/mol. The highest BCUT2D eigenvalue weighted by molar-refractivity contribution is 5.21. The Hall–Kier alpha value is -0.820. The average Bonchev–Trinajstić information content (AvgIpc) is 2.39. The molecule has 0 aliphatic rings. The van der Waals surface area contributed by atoms with Crippen LogP contribution in [0.15, 0.2) is 24.3 Å². The SMILES string of the molecule is CCCCCCCC(CN)Cc1ccc(C)cc1. The molecule has 1 aromatic carbocycles. The van der Waals surface area contributed by atoms with E-state index in [1.807, 2.05) is 0 Å². The molecule has 0 aromatic heterocycles. The van der Waals surface area contributed by atoms with Gasteiger partial charge in [-0.2, -0.15) is 0 Å². The van der Waals surface area contributed by atoms with Gasteiger partial charge in [0.1, 0.15) is 0 Å². The van der Waals surface area contributed by atoms with E-state index in [1.54, 1.807) is 0 Å². The topological polar surface area (TPSA) is 26.0 Å². The van der Waals surface area contributed by atoms with Crippen LogP contribution in [0.1, 0.15) is 56.6 Å². The third kappa shape index (κ3) is 6.20. The van der Waals surface area contributed by atoms with Gasteiger partial charge >= 0.3 is 0 Å². The fraction of sp³-hybridized carbons (Fsp3) is 0.647. The van der Waals surface area contributed by atoms with Crippen molar-refractivity contribution in [2.45, 2.75) is 58.8 Å². The van der Waals surface area contributed by atoms with E-state index in [-0.39, 0.29) is 0 Å². The molecule has 1 atom stereocenters. The van der Waals surface area contributed by atoms with Crippen molar-refractivity contribution >= 4 is 0 Å². The smallest absolute Gasteiger partial charge is 0.00457 e. The Kier molecular flexibility index (Phi) is 7.75. The zero-order chi connectivity index (χ0) is 13.2. The fourth-order valence-corrected chi connectivity index (χ4v) is 2.40. The number of hydrogen-bond donors (Lipinski definition) is 1. The maximum absolute atomic E-state index is 5.89. The number of rotatable bonds is 9. The molecule has 0 spiro atoms. The number of benzene rings is 1. The highest BCUT2D eigenvalue weighted by Gasteiger charge is 2.07. The van der Waals surface area contributed by atoms with Crippen LogP contribution < -0.4 is 5.73 Å². The molecule has 18 heavy (non-hydrogen) atoms. The van der Waals surface area contributed by atoms with Gasteiger partial charge in [0.15, 0.2) is 0 Å². The number of hydrogen-bond acceptors (Lipinski definition) is 1. The molecule has 2 N–H and O–H groups in total. The molecule has 0 bridgehead atoms. The molecule has 1 nitrogen and oxygen atoms in total. The van der Waals surface area contributed by atoms with Crippen LogP contribution in [0.5, 0.6) is 0 Å². The molecule has 0 saturated carbocycles. The van der Waals surface area contributed by atoms with E-state index >= 15 is 0 Å². The molecule has 0 aliphatic heterocycles. The van der Waals surface area contributed by atoms with Crippen LogP contribution in [0, 0.1) is 12.8 Å². The number of aryl methyl sites for hydroxylation is 1. The van der Waals surface area contributed by atoms with Crippen molar-refractivity contribution in [1.82, 2.24) is 0 Å². The normalized spacial score (nSPS) is 12.6. The minimum Gasteiger partial charge on any atom is -0.330 e. The van der Waals surface area contributed by atoms with Crippen molar-refractivity contribution in [2.75, 3.05) is 6.54 Å². The average molecular weight is 247 g/mol. The summed E-state index contributed by atoms with van der Waals surface area (Å²) in [6.07, 6.45) is 9.23. The van der Waals surface area contributed by atoms with Crippen LogP contribution in [-0.4, -0.2) is 6.54 Å². The van der Waals surface area contributed by atoms with Crippen LogP contribution >= 0.6 is 0 Å². The lowest BCUT2D eigenvalue weighted by Gasteiger charge is -2.14. The lowest BCUT2D eigenvalue weighted by atomic mass is 9.93. The molecule has 102 valence electrons. The van der Waals surface area contributed by atoms with Gasteiger partial charge in [-0.1, -0.05) is 68.9 Å². The van der Waals surface area contributed by atoms with Crippen LogP contribution in [0.2, 0.25) is 0 Å². The third-order valence-electron chi connectivity index (χ3n) is 3.69. The Morgan fingerprint density at radius 2 is 1.67 bits per heavy atom. The molecule has 0 heterocycles. The standard InChI is InChI=1S/C17H29N/c1-3-4-5-6-7-8-17(14-18)13-16-11-9-15(2)10-12-16/h9-12,17H,3-8,13-14,18H2,1-2H3. The van der Waals surface area contributed by atoms with E-state index in [4.69, 9.17) is 5.73 Å². The Bertz CT molecular complexity index is 302. The molecular weight excluding hydrogens is 218 g/mol. The summed E-state index contributed by atoms with van der Waals surface area (Å²) >= 11 is 0. The molecule has 1 heteroatoms. The third-order valence-corrected chi connectivity index (χ3v) is 3.69. The highest BCUT2D eigenvalue weighted by atomic mass is 14.5. The summed E-state index contributed by atoms with van der Waals surface area (Å²) in [7, 11) is 0. The second-order valence-electron chi connectivity index (χ2n) is 5.49. The minimum absolute atomic E-state index is 0.661. The van der Waals surface area contributed by atoms with Crippen LogP contribution in [0.3, 0.4) is 0 Å². The molecule has 1 aromatic rings. The number of unbranched alkanes of at least 4 members (excludes halogenated alkanes) is 4. The van der Waals surface area contributed by atoms with Crippen LogP contribution in [0.4, 0.5) is 0 Å². The zero-order valence-electron chi connectivity index (χ0n) is 12.1. The van der Waals surface area contributed by atoms with Crippen LogP contribution in [-0.2, 0) is 6.42 Å². The molecule has 0 fully saturated rings. The van der Waals surface area contributed by atoms with Gasteiger partial charge in [0.25, 0.3) is 0 Å². The van der Waals surface area contributed by atoms with Gasteiger partial charge in [-0.05, 0) is 37.8 Å². The lowest BCUT2D eigenvalue weighted by molar-refractivity contribution is 0.458. The van der Waals surface area contributed by atoms with Crippen molar-refractivity contribution in [3.8, 4) is 0 Å². The molecule has 0 radical (unpaired) electrons. The first kappa shape index (κ1) is 15.2. The summed E-state index contributed by atoms with van der Waals surface area (Å²) in [6.45, 7) is 5.22. The zero-order valence-corrected chi connectivity index (χ0v) is 12.1.